The first kappa shape index (κ1) is 14.8. The van der Waals surface area contributed by atoms with E-state index in [4.69, 9.17) is 0 Å². The summed E-state index contributed by atoms with van der Waals surface area (Å²) in [7, 11) is 0. The average Bonchev–Trinajstić information content (AvgIpc) is 2.62. The van der Waals surface area contributed by atoms with E-state index in [9.17, 15) is 5.21 Å². The quantitative estimate of drug-likeness (QED) is 0.589. The summed E-state index contributed by atoms with van der Waals surface area (Å²) in [6.45, 7) is 3.45. The van der Waals surface area contributed by atoms with Crippen LogP contribution in [0.1, 0.15) is 12.8 Å². The zero-order chi connectivity index (χ0) is 16.1. The Kier molecular flexibility index (Phi) is 3.40. The maximum absolute atomic E-state index is 12.8. The lowest BCUT2D eigenvalue weighted by Gasteiger charge is -2.56. The molecule has 0 radical (unpaired) electrons. The molecule has 0 amide bonds. The predicted octanol–water partition coefficient (Wildman–Crippen LogP) is 4.64. The molecular weight excluding hydrogens is 316 g/mol. The molecule has 3 nitrogen and oxygen atoms in total. The standard InChI is InChI=1S/C20H22N2OS/c23-22-11-9-15(10-12-22)16(14-22)13-21-17-5-1-3-7-19(17)24-20-8-4-2-6-18(20)21/h1-8,15-16H,9-14H2. The van der Waals surface area contributed by atoms with Crippen LogP contribution in [-0.2, 0) is 0 Å². The summed E-state index contributed by atoms with van der Waals surface area (Å²) in [6, 6.07) is 17.3. The number of anilines is 2. The van der Waals surface area contributed by atoms with Crippen molar-refractivity contribution in [2.24, 2.45) is 11.8 Å². The third-order valence-electron chi connectivity index (χ3n) is 6.00. The van der Waals surface area contributed by atoms with E-state index in [1.807, 2.05) is 11.8 Å². The molecule has 2 bridgehead atoms. The van der Waals surface area contributed by atoms with Crippen LogP contribution in [-0.4, -0.2) is 30.8 Å². The number of piperidine rings is 3. The Morgan fingerprint density at radius 1 is 0.958 bits per heavy atom. The normalized spacial score (nSPS) is 30.8. The summed E-state index contributed by atoms with van der Waals surface area (Å²) in [4.78, 5) is 5.12. The van der Waals surface area contributed by atoms with E-state index >= 15 is 0 Å². The highest BCUT2D eigenvalue weighted by molar-refractivity contribution is 7.99. The number of para-hydroxylation sites is 2. The highest BCUT2D eigenvalue weighted by Crippen LogP contribution is 2.49. The number of hydroxylamine groups is 3. The fraction of sp³-hybridized carbons (Fsp3) is 0.400. The van der Waals surface area contributed by atoms with Crippen LogP contribution in [0.15, 0.2) is 58.3 Å². The molecule has 4 aliphatic heterocycles. The summed E-state index contributed by atoms with van der Waals surface area (Å²) >= 11 is 1.86. The Bertz CT molecular complexity index is 724. The van der Waals surface area contributed by atoms with Gasteiger partial charge in [0.1, 0.15) is 0 Å². The van der Waals surface area contributed by atoms with Crippen molar-refractivity contribution in [3.05, 3.63) is 53.7 Å². The number of hydrogen-bond acceptors (Lipinski definition) is 3. The van der Waals surface area contributed by atoms with Gasteiger partial charge < -0.3 is 14.8 Å². The summed E-state index contributed by atoms with van der Waals surface area (Å²) < 4.78 is 0.0487. The molecule has 4 heteroatoms. The molecule has 0 N–H and O–H groups in total. The number of nitrogens with zero attached hydrogens (tertiary/aromatic N) is 2. The van der Waals surface area contributed by atoms with E-state index in [0.29, 0.717) is 5.92 Å². The first-order valence-corrected chi connectivity index (χ1v) is 9.74. The van der Waals surface area contributed by atoms with Gasteiger partial charge in [-0.05, 0) is 30.2 Å². The first-order valence-electron chi connectivity index (χ1n) is 8.92. The number of hydrogen-bond donors (Lipinski definition) is 0. The Morgan fingerprint density at radius 3 is 2.12 bits per heavy atom. The van der Waals surface area contributed by atoms with Crippen molar-refractivity contribution in [3.8, 4) is 0 Å². The van der Waals surface area contributed by atoms with Crippen molar-refractivity contribution < 1.29 is 4.65 Å². The highest BCUT2D eigenvalue weighted by atomic mass is 32.2. The van der Waals surface area contributed by atoms with Crippen LogP contribution in [0.4, 0.5) is 11.4 Å². The molecule has 0 saturated carbocycles. The smallest absolute Gasteiger partial charge is 0.0832 e. The van der Waals surface area contributed by atoms with Crippen LogP contribution in [0.25, 0.3) is 0 Å². The topological polar surface area (TPSA) is 26.3 Å². The summed E-state index contributed by atoms with van der Waals surface area (Å²) in [6.07, 6.45) is 2.22. The zero-order valence-electron chi connectivity index (χ0n) is 13.7. The molecule has 2 aromatic carbocycles. The monoisotopic (exact) mass is 338 g/mol. The van der Waals surface area contributed by atoms with Gasteiger partial charge in [0, 0.05) is 35.1 Å². The van der Waals surface area contributed by atoms with Crippen LogP contribution >= 0.6 is 11.8 Å². The SMILES string of the molecule is [O-][N+]12CCC(CC1)C(CN1c3ccccc3Sc3ccccc31)C2. The van der Waals surface area contributed by atoms with E-state index in [1.54, 1.807) is 0 Å². The van der Waals surface area contributed by atoms with Gasteiger partial charge in [0.05, 0.1) is 31.0 Å². The van der Waals surface area contributed by atoms with Crippen LogP contribution in [0.5, 0.6) is 0 Å². The lowest BCUT2D eigenvalue weighted by molar-refractivity contribution is -0.901. The zero-order valence-corrected chi connectivity index (χ0v) is 14.5. The number of benzene rings is 2. The van der Waals surface area contributed by atoms with Gasteiger partial charge in [0.25, 0.3) is 0 Å². The van der Waals surface area contributed by atoms with E-state index < -0.39 is 0 Å². The van der Waals surface area contributed by atoms with Gasteiger partial charge in [0.2, 0.25) is 0 Å². The molecule has 4 heterocycles. The van der Waals surface area contributed by atoms with Crippen LogP contribution < -0.4 is 4.90 Å². The maximum atomic E-state index is 12.8. The molecule has 1 unspecified atom stereocenters. The van der Waals surface area contributed by atoms with Crippen molar-refractivity contribution in [1.29, 1.82) is 0 Å². The van der Waals surface area contributed by atoms with E-state index in [1.165, 1.54) is 21.2 Å². The second kappa shape index (κ2) is 5.51. The van der Waals surface area contributed by atoms with Crippen molar-refractivity contribution in [2.75, 3.05) is 31.1 Å². The van der Waals surface area contributed by atoms with Gasteiger partial charge in [-0.25, -0.2) is 0 Å². The van der Waals surface area contributed by atoms with Gasteiger partial charge in [-0.2, -0.15) is 0 Å². The molecule has 4 aliphatic rings. The van der Waals surface area contributed by atoms with Gasteiger partial charge in [-0.15, -0.1) is 0 Å². The summed E-state index contributed by atoms with van der Waals surface area (Å²) in [5.41, 5.74) is 2.60. The lowest BCUT2D eigenvalue weighted by atomic mass is 9.78. The summed E-state index contributed by atoms with van der Waals surface area (Å²) in [5.74, 6) is 1.24. The van der Waals surface area contributed by atoms with E-state index in [0.717, 1.165) is 44.9 Å². The van der Waals surface area contributed by atoms with Crippen LogP contribution in [0, 0.1) is 17.0 Å². The second-order valence-corrected chi connectivity index (χ2v) is 8.52. The van der Waals surface area contributed by atoms with Crippen LogP contribution in [0.2, 0.25) is 0 Å². The molecule has 6 rings (SSSR count). The van der Waals surface area contributed by atoms with Crippen molar-refractivity contribution in [3.63, 3.8) is 0 Å². The second-order valence-electron chi connectivity index (χ2n) is 7.43. The Balaban J connectivity index is 1.51. The molecule has 124 valence electrons. The van der Waals surface area contributed by atoms with Gasteiger partial charge in [-0.3, -0.25) is 0 Å². The Labute approximate surface area is 147 Å². The first-order chi connectivity index (χ1) is 11.7. The molecule has 1 atom stereocenters. The minimum Gasteiger partial charge on any atom is -0.633 e. The minimum absolute atomic E-state index is 0.0487. The Hall–Kier alpha value is -1.49. The number of rotatable bonds is 2. The Morgan fingerprint density at radius 2 is 1.54 bits per heavy atom. The summed E-state index contributed by atoms with van der Waals surface area (Å²) in [5, 5.41) is 12.8. The average molecular weight is 338 g/mol. The molecule has 3 saturated heterocycles. The number of fused-ring (bicyclic) bond motifs is 5. The molecule has 3 fully saturated rings. The third kappa shape index (κ3) is 2.36. The molecule has 0 aliphatic carbocycles. The number of quaternary nitrogens is 1. The maximum Gasteiger partial charge on any atom is 0.0832 e. The van der Waals surface area contributed by atoms with Gasteiger partial charge in [0.15, 0.2) is 0 Å². The highest BCUT2D eigenvalue weighted by Gasteiger charge is 2.42. The minimum atomic E-state index is 0.0487. The molecule has 2 aromatic rings. The van der Waals surface area contributed by atoms with Crippen molar-refractivity contribution >= 4 is 23.1 Å². The fourth-order valence-corrected chi connectivity index (χ4v) is 5.80. The lowest BCUT2D eigenvalue weighted by Crippen LogP contribution is -2.59. The molecular formula is C20H22N2OS. The van der Waals surface area contributed by atoms with Crippen molar-refractivity contribution in [1.82, 2.24) is 0 Å². The van der Waals surface area contributed by atoms with Crippen LogP contribution in [0.3, 0.4) is 0 Å². The third-order valence-corrected chi connectivity index (χ3v) is 7.13. The fourth-order valence-electron chi connectivity index (χ4n) is 4.71. The van der Waals surface area contributed by atoms with E-state index in [-0.39, 0.29) is 4.65 Å². The van der Waals surface area contributed by atoms with E-state index in [2.05, 4.69) is 53.4 Å². The largest absolute Gasteiger partial charge is 0.633 e. The van der Waals surface area contributed by atoms with Crippen molar-refractivity contribution in [2.45, 2.75) is 22.6 Å². The van der Waals surface area contributed by atoms with Gasteiger partial charge >= 0.3 is 0 Å². The molecule has 0 spiro atoms. The van der Waals surface area contributed by atoms with Gasteiger partial charge in [-0.1, -0.05) is 36.0 Å². The predicted molar refractivity (Wildman–Crippen MR) is 98.5 cm³/mol. The molecule has 0 aromatic heterocycles. The molecule has 24 heavy (non-hydrogen) atoms.